The van der Waals surface area contributed by atoms with Crippen LogP contribution in [-0.4, -0.2) is 51.8 Å². The van der Waals surface area contributed by atoms with Gasteiger partial charge in [-0.3, -0.25) is 9.59 Å². The molecule has 1 unspecified atom stereocenters. The fourth-order valence-corrected chi connectivity index (χ4v) is 3.53. The molecule has 3 heterocycles. The van der Waals surface area contributed by atoms with Crippen molar-refractivity contribution in [2.45, 2.75) is 13.0 Å². The van der Waals surface area contributed by atoms with Crippen LogP contribution in [0.15, 0.2) is 71.7 Å². The van der Waals surface area contributed by atoms with Gasteiger partial charge < -0.3 is 9.80 Å². The van der Waals surface area contributed by atoms with Gasteiger partial charge in [-0.15, -0.1) is 0 Å². The summed E-state index contributed by atoms with van der Waals surface area (Å²) >= 11 is 0. The van der Waals surface area contributed by atoms with E-state index in [1.54, 1.807) is 24.1 Å². The van der Waals surface area contributed by atoms with Crippen LogP contribution in [0.4, 0.5) is 5.82 Å². The first-order valence-corrected chi connectivity index (χ1v) is 9.73. The Balaban J connectivity index is 1.48. The standard InChI is InChI=1S/C22H23N5O2/c1-17(27-21(28)11-10-19(24-27)18-7-3-2-4-8-18)22(29)26-15-13-25(14-16-26)20-9-5-6-12-23-20/h2-12,17H,13-16H2,1H3. The first-order chi connectivity index (χ1) is 14.1. The molecule has 0 spiro atoms. The number of nitrogens with zero attached hydrogens (tertiary/aromatic N) is 5. The fraction of sp³-hybridized carbons (Fsp3) is 0.273. The smallest absolute Gasteiger partial charge is 0.267 e. The highest BCUT2D eigenvalue weighted by Crippen LogP contribution is 2.17. The number of piperazine rings is 1. The molecule has 0 saturated carbocycles. The van der Waals surface area contributed by atoms with Gasteiger partial charge in [-0.1, -0.05) is 36.4 Å². The molecule has 0 radical (unpaired) electrons. The first-order valence-electron chi connectivity index (χ1n) is 9.73. The van der Waals surface area contributed by atoms with E-state index in [1.807, 2.05) is 48.5 Å². The molecule has 1 aliphatic heterocycles. The Morgan fingerprint density at radius 2 is 1.66 bits per heavy atom. The fourth-order valence-electron chi connectivity index (χ4n) is 3.53. The zero-order valence-corrected chi connectivity index (χ0v) is 16.3. The molecule has 0 N–H and O–H groups in total. The summed E-state index contributed by atoms with van der Waals surface area (Å²) in [5.41, 5.74) is 1.30. The number of hydrogen-bond donors (Lipinski definition) is 0. The lowest BCUT2D eigenvalue weighted by Crippen LogP contribution is -2.51. The maximum Gasteiger partial charge on any atom is 0.267 e. The average molecular weight is 389 g/mol. The van der Waals surface area contributed by atoms with E-state index in [0.717, 1.165) is 11.4 Å². The summed E-state index contributed by atoms with van der Waals surface area (Å²) in [6, 6.07) is 17.9. The van der Waals surface area contributed by atoms with E-state index in [9.17, 15) is 9.59 Å². The number of carbonyl (C=O) groups is 1. The van der Waals surface area contributed by atoms with E-state index in [4.69, 9.17) is 0 Å². The maximum atomic E-state index is 13.0. The van der Waals surface area contributed by atoms with Gasteiger partial charge in [-0.25, -0.2) is 9.67 Å². The van der Waals surface area contributed by atoms with Crippen molar-refractivity contribution in [1.29, 1.82) is 0 Å². The van der Waals surface area contributed by atoms with Crippen molar-refractivity contribution >= 4 is 11.7 Å². The van der Waals surface area contributed by atoms with Crippen molar-refractivity contribution in [3.63, 3.8) is 0 Å². The Hall–Kier alpha value is -3.48. The molecule has 0 bridgehead atoms. The van der Waals surface area contributed by atoms with Gasteiger partial charge in [0, 0.05) is 44.0 Å². The van der Waals surface area contributed by atoms with Gasteiger partial charge in [-0.2, -0.15) is 5.10 Å². The summed E-state index contributed by atoms with van der Waals surface area (Å²) in [6.07, 6.45) is 1.77. The molecule has 1 amide bonds. The molecule has 148 valence electrons. The number of amides is 1. The van der Waals surface area contributed by atoms with Crippen molar-refractivity contribution in [3.05, 3.63) is 77.2 Å². The number of carbonyl (C=O) groups excluding carboxylic acids is 1. The minimum atomic E-state index is -0.660. The van der Waals surface area contributed by atoms with Crippen molar-refractivity contribution in [2.75, 3.05) is 31.1 Å². The molecule has 1 fully saturated rings. The van der Waals surface area contributed by atoms with Crippen LogP contribution in [0, 0.1) is 0 Å². The van der Waals surface area contributed by atoms with E-state index in [1.165, 1.54) is 10.7 Å². The van der Waals surface area contributed by atoms with Crippen molar-refractivity contribution in [3.8, 4) is 11.3 Å². The molecule has 7 nitrogen and oxygen atoms in total. The van der Waals surface area contributed by atoms with E-state index in [2.05, 4.69) is 15.0 Å². The van der Waals surface area contributed by atoms with Gasteiger partial charge in [0.2, 0.25) is 5.91 Å². The van der Waals surface area contributed by atoms with Crippen LogP contribution < -0.4 is 10.5 Å². The predicted molar refractivity (Wildman–Crippen MR) is 112 cm³/mol. The van der Waals surface area contributed by atoms with Gasteiger partial charge >= 0.3 is 0 Å². The zero-order chi connectivity index (χ0) is 20.2. The summed E-state index contributed by atoms with van der Waals surface area (Å²) in [5, 5.41) is 4.46. The predicted octanol–water partition coefficient (Wildman–Crippen LogP) is 2.22. The second-order valence-corrected chi connectivity index (χ2v) is 7.04. The Morgan fingerprint density at radius 1 is 0.931 bits per heavy atom. The topological polar surface area (TPSA) is 71.3 Å². The monoisotopic (exact) mass is 389 g/mol. The highest BCUT2D eigenvalue weighted by atomic mass is 16.2. The third-order valence-corrected chi connectivity index (χ3v) is 5.18. The molecular formula is C22H23N5O2. The normalized spacial score (nSPS) is 15.2. The molecule has 2 aromatic heterocycles. The lowest BCUT2D eigenvalue weighted by Gasteiger charge is -2.36. The number of rotatable bonds is 4. The maximum absolute atomic E-state index is 13.0. The van der Waals surface area contributed by atoms with Gasteiger partial charge in [0.25, 0.3) is 5.56 Å². The van der Waals surface area contributed by atoms with Gasteiger partial charge in [0.1, 0.15) is 11.9 Å². The third-order valence-electron chi connectivity index (χ3n) is 5.18. The summed E-state index contributed by atoms with van der Waals surface area (Å²) in [5.74, 6) is 0.826. The van der Waals surface area contributed by atoms with E-state index < -0.39 is 6.04 Å². The van der Waals surface area contributed by atoms with E-state index in [-0.39, 0.29) is 11.5 Å². The molecule has 0 aliphatic carbocycles. The largest absolute Gasteiger partial charge is 0.353 e. The highest BCUT2D eigenvalue weighted by molar-refractivity contribution is 5.80. The molecule has 7 heteroatoms. The lowest BCUT2D eigenvalue weighted by molar-refractivity contribution is -0.135. The molecule has 4 rings (SSSR count). The summed E-state index contributed by atoms with van der Waals surface area (Å²) in [4.78, 5) is 33.7. The van der Waals surface area contributed by atoms with Crippen LogP contribution in [0.3, 0.4) is 0 Å². The molecular weight excluding hydrogens is 366 g/mol. The second-order valence-electron chi connectivity index (χ2n) is 7.04. The molecule has 3 aromatic rings. The summed E-state index contributed by atoms with van der Waals surface area (Å²) < 4.78 is 1.29. The SMILES string of the molecule is CC(C(=O)N1CCN(c2ccccn2)CC1)n1nc(-c2ccccc2)ccc1=O. The molecule has 1 aliphatic rings. The van der Waals surface area contributed by atoms with Gasteiger partial charge in [0.15, 0.2) is 0 Å². The van der Waals surface area contributed by atoms with Crippen LogP contribution in [0.5, 0.6) is 0 Å². The molecule has 1 saturated heterocycles. The van der Waals surface area contributed by atoms with Gasteiger partial charge in [-0.05, 0) is 25.1 Å². The highest BCUT2D eigenvalue weighted by Gasteiger charge is 2.27. The Morgan fingerprint density at radius 3 is 2.34 bits per heavy atom. The number of aromatic nitrogens is 3. The van der Waals surface area contributed by atoms with Crippen molar-refractivity contribution in [2.24, 2.45) is 0 Å². The quantitative estimate of drug-likeness (QED) is 0.684. The van der Waals surface area contributed by atoms with Crippen LogP contribution in [0.2, 0.25) is 0 Å². The minimum Gasteiger partial charge on any atom is -0.353 e. The Bertz CT molecular complexity index is 1030. The van der Waals surface area contributed by atoms with Crippen LogP contribution in [0.1, 0.15) is 13.0 Å². The lowest BCUT2D eigenvalue weighted by atomic mass is 10.1. The van der Waals surface area contributed by atoms with Crippen molar-refractivity contribution in [1.82, 2.24) is 19.7 Å². The van der Waals surface area contributed by atoms with E-state index in [0.29, 0.717) is 31.9 Å². The molecule has 29 heavy (non-hydrogen) atoms. The number of benzene rings is 1. The third kappa shape index (κ3) is 4.03. The average Bonchev–Trinajstić information content (AvgIpc) is 2.80. The molecule has 1 atom stereocenters. The first kappa shape index (κ1) is 18.9. The van der Waals surface area contributed by atoms with Crippen LogP contribution in [-0.2, 0) is 4.79 Å². The Kier molecular flexibility index (Phi) is 5.37. The number of anilines is 1. The van der Waals surface area contributed by atoms with Crippen LogP contribution >= 0.6 is 0 Å². The second kappa shape index (κ2) is 8.26. The summed E-state index contributed by atoms with van der Waals surface area (Å²) in [6.45, 7) is 4.33. The van der Waals surface area contributed by atoms with Gasteiger partial charge in [0.05, 0.1) is 5.69 Å². The van der Waals surface area contributed by atoms with E-state index >= 15 is 0 Å². The van der Waals surface area contributed by atoms with Crippen LogP contribution in [0.25, 0.3) is 11.3 Å². The van der Waals surface area contributed by atoms with Crippen molar-refractivity contribution < 1.29 is 4.79 Å². The number of hydrogen-bond acceptors (Lipinski definition) is 5. The minimum absolute atomic E-state index is 0.0921. The zero-order valence-electron chi connectivity index (χ0n) is 16.3. The summed E-state index contributed by atoms with van der Waals surface area (Å²) in [7, 11) is 0. The Labute approximate surface area is 169 Å². The molecule has 1 aromatic carbocycles. The number of pyridine rings is 1.